The molecule has 2 aliphatic rings. The minimum atomic E-state index is -0.585. The number of nitrogens with zero attached hydrogens (tertiary/aromatic N) is 3. The van der Waals surface area contributed by atoms with Gasteiger partial charge in [-0.25, -0.2) is 9.40 Å². The van der Waals surface area contributed by atoms with Crippen molar-refractivity contribution in [3.8, 4) is 0 Å². The van der Waals surface area contributed by atoms with Crippen molar-refractivity contribution < 1.29 is 9.18 Å². The average Bonchev–Trinajstić information content (AvgIpc) is 2.67. The Balaban J connectivity index is 1.84. The number of hydrogen-bond donors (Lipinski definition) is 1. The third-order valence-electron chi connectivity index (χ3n) is 4.40. The minimum Gasteiger partial charge on any atom is -0.298 e. The van der Waals surface area contributed by atoms with Gasteiger partial charge in [-0.05, 0) is 24.6 Å². The summed E-state index contributed by atoms with van der Waals surface area (Å²) in [5, 5.41) is 11.1. The number of hydrogen-bond acceptors (Lipinski definition) is 5. The molecule has 0 aliphatic carbocycles. The smallest absolute Gasteiger partial charge is 0.276 e. The average molecular weight is 382 g/mol. The number of fused-ring (bicyclic) bond motifs is 2. The molecule has 1 amide bonds. The highest BCUT2D eigenvalue weighted by Crippen LogP contribution is 2.30. The van der Waals surface area contributed by atoms with Gasteiger partial charge in [-0.2, -0.15) is 0 Å². The molecule has 2 aromatic carbocycles. The molecular formula is C20H19FN4OS. The molecule has 0 radical (unpaired) electrons. The molecule has 0 saturated carbocycles. The summed E-state index contributed by atoms with van der Waals surface area (Å²) in [7, 11) is 0. The lowest BCUT2D eigenvalue weighted by Gasteiger charge is -2.34. The quantitative estimate of drug-likeness (QED) is 0.827. The van der Waals surface area contributed by atoms with E-state index in [9.17, 15) is 9.18 Å². The van der Waals surface area contributed by atoms with Crippen molar-refractivity contribution in [1.29, 1.82) is 0 Å². The van der Waals surface area contributed by atoms with Crippen molar-refractivity contribution in [1.82, 2.24) is 10.3 Å². The lowest BCUT2D eigenvalue weighted by atomic mass is 10.1. The van der Waals surface area contributed by atoms with Gasteiger partial charge in [0.25, 0.3) is 5.91 Å². The Morgan fingerprint density at radius 2 is 2.07 bits per heavy atom. The maximum Gasteiger partial charge on any atom is 0.276 e. The van der Waals surface area contributed by atoms with Crippen LogP contribution in [0.1, 0.15) is 31.5 Å². The third kappa shape index (κ3) is 3.47. The van der Waals surface area contributed by atoms with Crippen molar-refractivity contribution in [2.45, 2.75) is 25.9 Å². The molecule has 0 saturated heterocycles. The molecule has 1 atom stereocenters. The van der Waals surface area contributed by atoms with Gasteiger partial charge in [0.15, 0.2) is 11.3 Å². The Bertz CT molecular complexity index is 1040. The Morgan fingerprint density at radius 3 is 2.89 bits per heavy atom. The summed E-state index contributed by atoms with van der Waals surface area (Å²) in [4.78, 5) is 17.6. The number of nitrogens with one attached hydrogen (secondary N) is 1. The highest BCUT2D eigenvalue weighted by molar-refractivity contribution is 8.13. The third-order valence-corrected chi connectivity index (χ3v) is 5.35. The van der Waals surface area contributed by atoms with Crippen LogP contribution in [0.4, 0.5) is 4.39 Å². The number of halogens is 1. The van der Waals surface area contributed by atoms with E-state index >= 15 is 0 Å². The molecule has 1 N–H and O–H groups in total. The number of para-hydroxylation sites is 1. The van der Waals surface area contributed by atoms with Gasteiger partial charge < -0.3 is 0 Å². The van der Waals surface area contributed by atoms with E-state index in [1.165, 1.54) is 23.9 Å². The first-order chi connectivity index (χ1) is 13.2. The van der Waals surface area contributed by atoms with E-state index < -0.39 is 6.17 Å². The highest BCUT2D eigenvalue weighted by Gasteiger charge is 2.34. The zero-order chi connectivity index (χ0) is 18.8. The van der Waals surface area contributed by atoms with Crippen molar-refractivity contribution in [2.75, 3.05) is 5.75 Å². The van der Waals surface area contributed by atoms with E-state index in [4.69, 9.17) is 4.99 Å². The van der Waals surface area contributed by atoms with Crippen LogP contribution in [-0.4, -0.2) is 21.8 Å². The van der Waals surface area contributed by atoms with E-state index in [1.54, 1.807) is 17.1 Å². The normalized spacial score (nSPS) is 18.2. The fourth-order valence-corrected chi connectivity index (χ4v) is 4.03. The van der Waals surface area contributed by atoms with Crippen LogP contribution in [0.15, 0.2) is 58.6 Å². The molecule has 5 nitrogen and oxygen atoms in total. The van der Waals surface area contributed by atoms with Crippen LogP contribution in [-0.2, 0) is 4.79 Å². The molecule has 27 heavy (non-hydrogen) atoms. The Kier molecular flexibility index (Phi) is 4.94. The van der Waals surface area contributed by atoms with E-state index in [0.29, 0.717) is 21.8 Å². The molecule has 7 heteroatoms. The van der Waals surface area contributed by atoms with E-state index in [2.05, 4.69) is 17.3 Å². The maximum atomic E-state index is 13.8. The van der Waals surface area contributed by atoms with Crippen LogP contribution >= 0.6 is 11.8 Å². The van der Waals surface area contributed by atoms with Crippen LogP contribution < -0.4 is 15.9 Å². The Morgan fingerprint density at radius 1 is 1.22 bits per heavy atom. The SMILES string of the molecule is CCCCSC1=NN2C(=c3ccccc3=N[C@@H]2c2cccc(F)c2)C(=O)N1. The fourth-order valence-electron chi connectivity index (χ4n) is 3.09. The zero-order valence-electron chi connectivity index (χ0n) is 14.9. The molecular weight excluding hydrogens is 363 g/mol. The molecule has 0 spiro atoms. The number of hydrazone groups is 1. The second-order valence-corrected chi connectivity index (χ2v) is 7.41. The maximum absolute atomic E-state index is 13.8. The van der Waals surface area contributed by atoms with Gasteiger partial charge >= 0.3 is 0 Å². The monoisotopic (exact) mass is 382 g/mol. The first kappa shape index (κ1) is 17.7. The molecule has 0 fully saturated rings. The molecule has 138 valence electrons. The van der Waals surface area contributed by atoms with Crippen LogP contribution in [0, 0.1) is 5.82 Å². The molecule has 0 aromatic heterocycles. The van der Waals surface area contributed by atoms with Gasteiger partial charge in [0.2, 0.25) is 0 Å². The fraction of sp³-hybridized carbons (Fsp3) is 0.250. The lowest BCUT2D eigenvalue weighted by Crippen LogP contribution is -2.50. The summed E-state index contributed by atoms with van der Waals surface area (Å²) >= 11 is 1.51. The van der Waals surface area contributed by atoms with Gasteiger partial charge in [0.1, 0.15) is 11.5 Å². The molecule has 2 aromatic rings. The molecule has 0 bridgehead atoms. The summed E-state index contributed by atoms with van der Waals surface area (Å²) in [5.41, 5.74) is 1.09. The van der Waals surface area contributed by atoms with Gasteiger partial charge in [-0.3, -0.25) is 15.1 Å². The zero-order valence-corrected chi connectivity index (χ0v) is 15.7. The van der Waals surface area contributed by atoms with Crippen LogP contribution in [0.3, 0.4) is 0 Å². The number of carbonyl (C=O) groups excluding carboxylic acids is 1. The van der Waals surface area contributed by atoms with E-state index in [1.807, 2.05) is 24.3 Å². The predicted molar refractivity (Wildman–Crippen MR) is 105 cm³/mol. The topological polar surface area (TPSA) is 57.1 Å². The number of amidine groups is 1. The van der Waals surface area contributed by atoms with E-state index in [-0.39, 0.29) is 11.7 Å². The lowest BCUT2D eigenvalue weighted by molar-refractivity contribution is -0.116. The van der Waals surface area contributed by atoms with Gasteiger partial charge in [-0.1, -0.05) is 55.4 Å². The van der Waals surface area contributed by atoms with Crippen LogP contribution in [0.2, 0.25) is 0 Å². The first-order valence-electron chi connectivity index (χ1n) is 8.92. The number of unbranched alkanes of at least 4 members (excludes halogenated alkanes) is 1. The summed E-state index contributed by atoms with van der Waals surface area (Å²) in [6.45, 7) is 2.12. The van der Waals surface area contributed by atoms with Crippen LogP contribution in [0.5, 0.6) is 0 Å². The summed E-state index contributed by atoms with van der Waals surface area (Å²) in [6.07, 6.45) is 1.53. The molecule has 2 aliphatic heterocycles. The van der Waals surface area contributed by atoms with Gasteiger partial charge in [-0.15, -0.1) is 5.10 Å². The van der Waals surface area contributed by atoms with Crippen LogP contribution in [0.25, 0.3) is 5.70 Å². The highest BCUT2D eigenvalue weighted by atomic mass is 32.2. The largest absolute Gasteiger partial charge is 0.298 e. The van der Waals surface area contributed by atoms with Crippen molar-refractivity contribution in [3.63, 3.8) is 0 Å². The van der Waals surface area contributed by atoms with Crippen molar-refractivity contribution >= 4 is 28.5 Å². The summed E-state index contributed by atoms with van der Waals surface area (Å²) < 4.78 is 13.8. The standard InChI is InChI=1S/C20H19FN4OS/c1-2-3-11-27-20-23-19(26)17-15-9-4-5-10-16(15)22-18(25(17)24-20)13-7-6-8-14(21)12-13/h4-10,12,18H,2-3,11H2,1H3,(H,23,24,26)/t18-/m0/s1. The van der Waals surface area contributed by atoms with E-state index in [0.717, 1.165) is 23.8 Å². The number of thioether (sulfide) groups is 1. The second-order valence-electron chi connectivity index (χ2n) is 6.33. The molecule has 0 unspecified atom stereocenters. The van der Waals surface area contributed by atoms with Gasteiger partial charge in [0, 0.05) is 16.5 Å². The number of benzene rings is 2. The molecule has 4 rings (SSSR count). The van der Waals surface area contributed by atoms with Gasteiger partial charge in [0.05, 0.1) is 5.36 Å². The van der Waals surface area contributed by atoms with Crippen molar-refractivity contribution in [3.05, 3.63) is 70.5 Å². The number of amides is 1. The first-order valence-corrected chi connectivity index (χ1v) is 9.90. The predicted octanol–water partition coefficient (Wildman–Crippen LogP) is 2.50. The summed E-state index contributed by atoms with van der Waals surface area (Å²) in [6, 6.07) is 13.7. The minimum absolute atomic E-state index is 0.215. The Labute approximate surface area is 160 Å². The number of carbonyl (C=O) groups is 1. The Hall–Kier alpha value is -2.67. The molecule has 2 heterocycles. The second kappa shape index (κ2) is 7.52. The van der Waals surface area contributed by atoms with Crippen molar-refractivity contribution in [2.24, 2.45) is 10.1 Å². The number of rotatable bonds is 4. The summed E-state index contributed by atoms with van der Waals surface area (Å²) in [5.74, 6) is 0.316.